The zero-order valence-electron chi connectivity index (χ0n) is 23.0. The van der Waals surface area contributed by atoms with Gasteiger partial charge >= 0.3 is 5.97 Å². The number of carbonyl (C=O) groups is 1. The number of nitrogens with zero attached hydrogens (tertiary/aromatic N) is 2. The summed E-state index contributed by atoms with van der Waals surface area (Å²) in [5.41, 5.74) is 2.81. The fraction of sp³-hybridized carbons (Fsp3) is 0.121. The topological polar surface area (TPSA) is 83.0 Å². The van der Waals surface area contributed by atoms with Gasteiger partial charge < -0.3 is 13.9 Å². The highest BCUT2D eigenvalue weighted by Crippen LogP contribution is 2.36. The fourth-order valence-electron chi connectivity index (χ4n) is 4.93. The zero-order chi connectivity index (χ0) is 30.1. The van der Waals surface area contributed by atoms with Crippen molar-refractivity contribution in [2.45, 2.75) is 13.0 Å². The van der Waals surface area contributed by atoms with Crippen LogP contribution in [-0.2, 0) is 9.53 Å². The van der Waals surface area contributed by atoms with Gasteiger partial charge in [0.05, 0.1) is 35.6 Å². The molecule has 0 saturated carbocycles. The number of carbonyl (C=O) groups excluding carboxylic acids is 1. The van der Waals surface area contributed by atoms with Crippen molar-refractivity contribution < 1.29 is 18.7 Å². The van der Waals surface area contributed by atoms with Crippen LogP contribution >= 0.6 is 43.2 Å². The summed E-state index contributed by atoms with van der Waals surface area (Å²) in [4.78, 5) is 33.0. The number of furan rings is 1. The van der Waals surface area contributed by atoms with Crippen LogP contribution in [0.1, 0.15) is 29.9 Å². The number of aromatic nitrogens is 1. The molecule has 43 heavy (non-hydrogen) atoms. The Balaban J connectivity index is 1.56. The zero-order valence-corrected chi connectivity index (χ0v) is 27.0. The minimum atomic E-state index is -0.775. The third kappa shape index (κ3) is 5.70. The van der Waals surface area contributed by atoms with E-state index in [-0.39, 0.29) is 17.7 Å². The summed E-state index contributed by atoms with van der Waals surface area (Å²) in [6.07, 6.45) is 1.71. The minimum absolute atomic E-state index is 0.180. The molecule has 0 saturated heterocycles. The summed E-state index contributed by atoms with van der Waals surface area (Å²) in [5, 5.41) is 0. The van der Waals surface area contributed by atoms with Crippen molar-refractivity contribution in [1.82, 2.24) is 4.57 Å². The standard InChI is InChI=1S/C33H24Br2N2O5S/c1-3-41-32(39)28-29(19-7-5-4-6-8-19)36-33-37(30(28)20-9-12-22(40-2)13-10-20)31(38)27(43-33)18-23-14-16-26(42-23)24-17-21(34)11-15-25(24)35/h4-18,30H,3H2,1-2H3/b27-18+/t30-/m1/s1. The Morgan fingerprint density at radius 1 is 1.05 bits per heavy atom. The van der Waals surface area contributed by atoms with E-state index < -0.39 is 12.0 Å². The summed E-state index contributed by atoms with van der Waals surface area (Å²) >= 11 is 8.33. The Kier molecular flexibility index (Phi) is 8.34. The molecule has 0 fully saturated rings. The summed E-state index contributed by atoms with van der Waals surface area (Å²) < 4.78 is 20.8. The number of rotatable bonds is 7. The van der Waals surface area contributed by atoms with E-state index in [9.17, 15) is 9.59 Å². The van der Waals surface area contributed by atoms with Crippen LogP contribution in [0.3, 0.4) is 0 Å². The van der Waals surface area contributed by atoms with Crippen LogP contribution in [0, 0.1) is 0 Å². The largest absolute Gasteiger partial charge is 0.497 e. The first-order chi connectivity index (χ1) is 20.9. The first-order valence-corrected chi connectivity index (χ1v) is 15.8. The van der Waals surface area contributed by atoms with Crippen LogP contribution in [0.5, 0.6) is 5.75 Å². The van der Waals surface area contributed by atoms with E-state index in [4.69, 9.17) is 18.9 Å². The Morgan fingerprint density at radius 3 is 2.53 bits per heavy atom. The second kappa shape index (κ2) is 12.3. The quantitative estimate of drug-likeness (QED) is 0.174. The SMILES string of the molecule is CCOC(=O)C1=C(c2ccccc2)N=c2s/c(=C/c3ccc(-c4cc(Br)ccc4Br)o3)c(=O)n2[C@@H]1c1ccc(OC)cc1. The highest BCUT2D eigenvalue weighted by Gasteiger charge is 2.35. The van der Waals surface area contributed by atoms with Crippen molar-refractivity contribution >= 4 is 60.9 Å². The van der Waals surface area contributed by atoms with Crippen LogP contribution in [0.15, 0.2) is 114 Å². The molecule has 1 aliphatic rings. The van der Waals surface area contributed by atoms with Gasteiger partial charge in [-0.25, -0.2) is 9.79 Å². The van der Waals surface area contributed by atoms with Crippen LogP contribution in [-0.4, -0.2) is 24.3 Å². The molecule has 3 heterocycles. The van der Waals surface area contributed by atoms with Gasteiger partial charge in [-0.05, 0) is 55.0 Å². The number of esters is 1. The first-order valence-electron chi connectivity index (χ1n) is 13.4. The normalized spacial score (nSPS) is 14.8. The van der Waals surface area contributed by atoms with Gasteiger partial charge in [0, 0.05) is 26.1 Å². The number of methoxy groups -OCH3 is 1. The number of benzene rings is 3. The van der Waals surface area contributed by atoms with E-state index >= 15 is 0 Å². The molecule has 7 nitrogen and oxygen atoms in total. The Bertz CT molecular complexity index is 2040. The maximum atomic E-state index is 14.1. The molecule has 2 aromatic heterocycles. The second-order valence-electron chi connectivity index (χ2n) is 9.53. The number of hydrogen-bond donors (Lipinski definition) is 0. The molecule has 0 radical (unpaired) electrons. The predicted octanol–water partition coefficient (Wildman–Crippen LogP) is 6.73. The monoisotopic (exact) mass is 718 g/mol. The molecule has 0 amide bonds. The molecular formula is C33H24Br2N2O5S. The second-order valence-corrected chi connectivity index (χ2v) is 12.3. The molecule has 1 aliphatic heterocycles. The molecule has 0 aliphatic carbocycles. The first kappa shape index (κ1) is 29.1. The Morgan fingerprint density at radius 2 is 1.81 bits per heavy atom. The van der Waals surface area contributed by atoms with Crippen molar-refractivity contribution in [2.75, 3.05) is 13.7 Å². The maximum absolute atomic E-state index is 14.1. The van der Waals surface area contributed by atoms with E-state index in [1.807, 2.05) is 72.8 Å². The van der Waals surface area contributed by atoms with E-state index in [0.29, 0.717) is 32.3 Å². The minimum Gasteiger partial charge on any atom is -0.497 e. The summed E-state index contributed by atoms with van der Waals surface area (Å²) in [7, 11) is 1.59. The van der Waals surface area contributed by atoms with Crippen molar-refractivity contribution in [3.05, 3.63) is 136 Å². The molecule has 0 spiro atoms. The van der Waals surface area contributed by atoms with Crippen molar-refractivity contribution in [1.29, 1.82) is 0 Å². The van der Waals surface area contributed by atoms with Crippen molar-refractivity contribution in [2.24, 2.45) is 4.99 Å². The van der Waals surface area contributed by atoms with Crippen LogP contribution in [0.25, 0.3) is 23.1 Å². The van der Waals surface area contributed by atoms with Gasteiger partial charge in [0.15, 0.2) is 4.80 Å². The van der Waals surface area contributed by atoms with E-state index in [1.165, 1.54) is 11.3 Å². The Hall–Kier alpha value is -3.99. The third-order valence-corrected chi connectivity index (χ3v) is 9.07. The fourth-order valence-corrected chi connectivity index (χ4v) is 6.72. The third-order valence-electron chi connectivity index (χ3n) is 6.90. The lowest BCUT2D eigenvalue weighted by molar-refractivity contribution is -0.138. The van der Waals surface area contributed by atoms with Gasteiger partial charge in [0.25, 0.3) is 5.56 Å². The van der Waals surface area contributed by atoms with Gasteiger partial charge in [-0.3, -0.25) is 9.36 Å². The average molecular weight is 720 g/mol. The molecule has 6 rings (SSSR count). The lowest BCUT2D eigenvalue weighted by atomic mass is 9.93. The number of thiazole rings is 1. The number of ether oxygens (including phenoxy) is 2. The number of halogens is 2. The molecule has 3 aromatic carbocycles. The highest BCUT2D eigenvalue weighted by molar-refractivity contribution is 9.11. The number of hydrogen-bond acceptors (Lipinski definition) is 7. The molecular weight excluding hydrogens is 696 g/mol. The summed E-state index contributed by atoms with van der Waals surface area (Å²) in [6, 6.07) is 25.5. The van der Waals surface area contributed by atoms with E-state index in [2.05, 4.69) is 31.9 Å². The van der Waals surface area contributed by atoms with Crippen molar-refractivity contribution in [3.8, 4) is 17.1 Å². The van der Waals surface area contributed by atoms with Gasteiger partial charge in [-0.2, -0.15) is 0 Å². The van der Waals surface area contributed by atoms with Crippen molar-refractivity contribution in [3.63, 3.8) is 0 Å². The summed E-state index contributed by atoms with van der Waals surface area (Å²) in [6.45, 7) is 1.93. The average Bonchev–Trinajstić information content (AvgIpc) is 3.62. The van der Waals surface area contributed by atoms with Gasteiger partial charge in [-0.1, -0.05) is 85.7 Å². The molecule has 1 atom stereocenters. The molecule has 10 heteroatoms. The lowest BCUT2D eigenvalue weighted by Gasteiger charge is -2.26. The molecule has 5 aromatic rings. The van der Waals surface area contributed by atoms with Crippen LogP contribution in [0.2, 0.25) is 0 Å². The predicted molar refractivity (Wildman–Crippen MR) is 174 cm³/mol. The van der Waals surface area contributed by atoms with Gasteiger partial charge in [0.2, 0.25) is 0 Å². The van der Waals surface area contributed by atoms with Crippen LogP contribution in [0.4, 0.5) is 0 Å². The molecule has 0 N–H and O–H groups in total. The molecule has 0 bridgehead atoms. The smallest absolute Gasteiger partial charge is 0.338 e. The summed E-state index contributed by atoms with van der Waals surface area (Å²) in [5.74, 6) is 1.29. The highest BCUT2D eigenvalue weighted by atomic mass is 79.9. The van der Waals surface area contributed by atoms with Crippen LogP contribution < -0.4 is 19.6 Å². The molecule has 0 unspecified atom stereocenters. The lowest BCUT2D eigenvalue weighted by Crippen LogP contribution is -2.40. The van der Waals surface area contributed by atoms with E-state index in [0.717, 1.165) is 25.6 Å². The maximum Gasteiger partial charge on any atom is 0.338 e. The molecule has 216 valence electrons. The number of fused-ring (bicyclic) bond motifs is 1. The van der Waals surface area contributed by atoms with Gasteiger partial charge in [-0.15, -0.1) is 0 Å². The van der Waals surface area contributed by atoms with E-state index in [1.54, 1.807) is 36.8 Å². The Labute approximate surface area is 267 Å². The van der Waals surface area contributed by atoms with Gasteiger partial charge in [0.1, 0.15) is 17.3 Å².